The third-order valence-electron chi connectivity index (χ3n) is 2.48. The lowest BCUT2D eigenvalue weighted by atomic mass is 10.3. The highest BCUT2D eigenvalue weighted by Gasteiger charge is 2.17. The number of hydrogen-bond acceptors (Lipinski definition) is 4. The van der Waals surface area contributed by atoms with Crippen molar-refractivity contribution in [3.63, 3.8) is 0 Å². The molecule has 0 spiro atoms. The molecule has 0 saturated heterocycles. The van der Waals surface area contributed by atoms with Crippen LogP contribution in [0.3, 0.4) is 0 Å². The number of nitrogens with one attached hydrogen (secondary N) is 3. The molecular weight excluding hydrogens is 296 g/mol. The smallest absolute Gasteiger partial charge is 0.316 e. The number of H-pyrrole nitrogens is 1. The second-order valence-electron chi connectivity index (χ2n) is 4.04. The van der Waals surface area contributed by atoms with E-state index in [9.17, 15) is 18.0 Å². The van der Waals surface area contributed by atoms with Crippen LogP contribution >= 0.6 is 0 Å². The van der Waals surface area contributed by atoms with Crippen LogP contribution in [0.5, 0.6) is 0 Å². The van der Waals surface area contributed by atoms with Crippen molar-refractivity contribution in [1.82, 2.24) is 4.98 Å². The number of carbonyl (C=O) groups excluding carboxylic acids is 1. The zero-order chi connectivity index (χ0) is 15.5. The maximum absolute atomic E-state index is 12.1. The van der Waals surface area contributed by atoms with Crippen LogP contribution in [0.2, 0.25) is 0 Å². The first kappa shape index (κ1) is 14.6. The minimum absolute atomic E-state index is 0.244. The molecule has 9 heteroatoms. The van der Waals surface area contributed by atoms with Gasteiger partial charge in [-0.3, -0.25) is 9.52 Å². The Morgan fingerprint density at radius 1 is 1.10 bits per heavy atom. The van der Waals surface area contributed by atoms with Gasteiger partial charge in [-0.15, -0.1) is 0 Å². The molecule has 2 aromatic rings. The predicted molar refractivity (Wildman–Crippen MR) is 77.5 cm³/mol. The summed E-state index contributed by atoms with van der Waals surface area (Å²) in [4.78, 5) is 24.4. The topological polar surface area (TPSA) is 134 Å². The molecule has 1 aromatic heterocycles. The number of rotatable bonds is 4. The third-order valence-corrected chi connectivity index (χ3v) is 3.88. The van der Waals surface area contributed by atoms with Gasteiger partial charge in [0.1, 0.15) is 0 Å². The van der Waals surface area contributed by atoms with Gasteiger partial charge in [-0.1, -0.05) is 0 Å². The maximum atomic E-state index is 12.1. The van der Waals surface area contributed by atoms with Gasteiger partial charge in [0.2, 0.25) is 5.43 Å². The third kappa shape index (κ3) is 3.60. The van der Waals surface area contributed by atoms with Crippen molar-refractivity contribution >= 4 is 27.4 Å². The average Bonchev–Trinajstić information content (AvgIpc) is 2.40. The lowest BCUT2D eigenvalue weighted by molar-refractivity contribution is 0.259. The Morgan fingerprint density at radius 3 is 2.29 bits per heavy atom. The number of sulfonamides is 1. The van der Waals surface area contributed by atoms with Crippen LogP contribution in [0.25, 0.3) is 0 Å². The van der Waals surface area contributed by atoms with Crippen molar-refractivity contribution < 1.29 is 13.2 Å². The molecule has 1 heterocycles. The Morgan fingerprint density at radius 2 is 1.71 bits per heavy atom. The fourth-order valence-corrected chi connectivity index (χ4v) is 2.70. The maximum Gasteiger partial charge on any atom is 0.316 e. The standard InChI is InChI=1S/C12H12N4O4S/c13-12(18)15-8-1-3-9(4-2-8)16-21(19,20)11-7-14-6-5-10(11)17/h1-7,16H,(H,14,17)(H3,13,15,18). The molecule has 0 atom stereocenters. The van der Waals surface area contributed by atoms with Crippen molar-refractivity contribution in [2.45, 2.75) is 4.90 Å². The number of primary amides is 1. The Bertz CT molecular complexity index is 812. The first-order chi connectivity index (χ1) is 9.88. The quantitative estimate of drug-likeness (QED) is 0.660. The molecule has 110 valence electrons. The Balaban J connectivity index is 2.23. The van der Waals surface area contributed by atoms with E-state index in [0.717, 1.165) is 12.3 Å². The molecule has 0 fully saturated rings. The van der Waals surface area contributed by atoms with Gasteiger partial charge in [-0.25, -0.2) is 13.2 Å². The Labute approximate surface area is 120 Å². The van der Waals surface area contributed by atoms with Crippen LogP contribution < -0.4 is 21.2 Å². The molecule has 0 aliphatic rings. The predicted octanol–water partition coefficient (Wildman–Crippen LogP) is 0.666. The summed E-state index contributed by atoms with van der Waals surface area (Å²) in [5.74, 6) is 0. The fraction of sp³-hybridized carbons (Fsp3) is 0. The molecule has 5 N–H and O–H groups in total. The number of aromatic nitrogens is 1. The number of anilines is 2. The summed E-state index contributed by atoms with van der Waals surface area (Å²) in [7, 11) is -3.99. The minimum atomic E-state index is -3.99. The lowest BCUT2D eigenvalue weighted by Gasteiger charge is -2.08. The van der Waals surface area contributed by atoms with E-state index in [2.05, 4.69) is 15.0 Å². The lowest BCUT2D eigenvalue weighted by Crippen LogP contribution is -2.21. The second kappa shape index (κ2) is 5.67. The molecule has 21 heavy (non-hydrogen) atoms. The van der Waals surface area contributed by atoms with Crippen molar-refractivity contribution in [2.75, 3.05) is 10.0 Å². The van der Waals surface area contributed by atoms with Crippen LogP contribution in [-0.4, -0.2) is 19.4 Å². The van der Waals surface area contributed by atoms with Crippen LogP contribution in [0, 0.1) is 0 Å². The van der Waals surface area contributed by atoms with Crippen molar-refractivity contribution in [3.05, 3.63) is 52.9 Å². The number of amides is 2. The van der Waals surface area contributed by atoms with E-state index in [1.165, 1.54) is 30.5 Å². The summed E-state index contributed by atoms with van der Waals surface area (Å²) in [6.45, 7) is 0. The van der Waals surface area contributed by atoms with Crippen LogP contribution in [0.4, 0.5) is 16.2 Å². The molecule has 2 amide bonds. The summed E-state index contributed by atoms with van der Waals surface area (Å²) in [5, 5.41) is 2.34. The molecular formula is C12H12N4O4S. The summed E-state index contributed by atoms with van der Waals surface area (Å²) >= 11 is 0. The molecule has 0 bridgehead atoms. The van der Waals surface area contributed by atoms with Gasteiger partial charge in [-0.2, -0.15) is 0 Å². The number of carbonyl (C=O) groups is 1. The minimum Gasteiger partial charge on any atom is -0.366 e. The number of nitrogens with two attached hydrogens (primary N) is 1. The largest absolute Gasteiger partial charge is 0.366 e. The monoisotopic (exact) mass is 308 g/mol. The van der Waals surface area contributed by atoms with Gasteiger partial charge in [0.25, 0.3) is 10.0 Å². The number of urea groups is 1. The highest BCUT2D eigenvalue weighted by Crippen LogP contribution is 2.16. The summed E-state index contributed by atoms with van der Waals surface area (Å²) < 4.78 is 26.4. The SMILES string of the molecule is NC(=O)Nc1ccc(NS(=O)(=O)c2c[nH]ccc2=O)cc1. The van der Waals surface area contributed by atoms with Crippen LogP contribution in [0.15, 0.2) is 52.4 Å². The van der Waals surface area contributed by atoms with E-state index in [-0.39, 0.29) is 10.6 Å². The summed E-state index contributed by atoms with van der Waals surface area (Å²) in [5.41, 5.74) is 5.00. The van der Waals surface area contributed by atoms with Crippen molar-refractivity contribution in [3.8, 4) is 0 Å². The van der Waals surface area contributed by atoms with Gasteiger partial charge in [-0.05, 0) is 24.3 Å². The summed E-state index contributed by atoms with van der Waals surface area (Å²) in [6, 6.07) is 6.20. The van der Waals surface area contributed by atoms with E-state index in [1.807, 2.05) is 0 Å². The zero-order valence-electron chi connectivity index (χ0n) is 10.7. The Hall–Kier alpha value is -2.81. The number of benzene rings is 1. The van der Waals surface area contributed by atoms with E-state index < -0.39 is 21.5 Å². The normalized spacial score (nSPS) is 10.9. The zero-order valence-corrected chi connectivity index (χ0v) is 11.5. The fourth-order valence-electron chi connectivity index (χ4n) is 1.58. The second-order valence-corrected chi connectivity index (χ2v) is 5.70. The number of hydrogen-bond donors (Lipinski definition) is 4. The number of pyridine rings is 1. The van der Waals surface area contributed by atoms with E-state index >= 15 is 0 Å². The number of aromatic amines is 1. The molecule has 0 aliphatic carbocycles. The van der Waals surface area contributed by atoms with Gasteiger partial charge in [0.05, 0.1) is 0 Å². The molecule has 2 rings (SSSR count). The average molecular weight is 308 g/mol. The van der Waals surface area contributed by atoms with Crippen molar-refractivity contribution in [1.29, 1.82) is 0 Å². The van der Waals surface area contributed by atoms with Gasteiger partial charge >= 0.3 is 6.03 Å². The van der Waals surface area contributed by atoms with E-state index in [4.69, 9.17) is 5.73 Å². The Kier molecular flexibility index (Phi) is 3.94. The highest BCUT2D eigenvalue weighted by molar-refractivity contribution is 7.92. The van der Waals surface area contributed by atoms with Crippen molar-refractivity contribution in [2.24, 2.45) is 5.73 Å². The van der Waals surface area contributed by atoms with Gasteiger partial charge < -0.3 is 16.0 Å². The van der Waals surface area contributed by atoms with Crippen LogP contribution in [0.1, 0.15) is 0 Å². The molecule has 0 radical (unpaired) electrons. The van der Waals surface area contributed by atoms with E-state index in [1.54, 1.807) is 0 Å². The summed E-state index contributed by atoms with van der Waals surface area (Å²) in [6.07, 6.45) is 2.44. The van der Waals surface area contributed by atoms with Gasteiger partial charge in [0.15, 0.2) is 4.90 Å². The molecule has 1 aromatic carbocycles. The molecule has 0 unspecified atom stereocenters. The molecule has 8 nitrogen and oxygen atoms in total. The van der Waals surface area contributed by atoms with Gasteiger partial charge in [0, 0.05) is 29.8 Å². The molecule has 0 aliphatic heterocycles. The van der Waals surface area contributed by atoms with E-state index in [0.29, 0.717) is 5.69 Å². The first-order valence-electron chi connectivity index (χ1n) is 5.75. The first-order valence-corrected chi connectivity index (χ1v) is 7.23. The highest BCUT2D eigenvalue weighted by atomic mass is 32.2. The van der Waals surface area contributed by atoms with Crippen LogP contribution in [-0.2, 0) is 10.0 Å². The molecule has 0 saturated carbocycles.